The second-order valence-corrected chi connectivity index (χ2v) is 4.30. The van der Waals surface area contributed by atoms with E-state index in [9.17, 15) is 4.79 Å². The smallest absolute Gasteiger partial charge is 0.411 e. The molecule has 0 aliphatic rings. The van der Waals surface area contributed by atoms with E-state index >= 15 is 0 Å². The Morgan fingerprint density at radius 3 is 3.12 bits per heavy atom. The summed E-state index contributed by atoms with van der Waals surface area (Å²) in [6.07, 6.45) is 3.27. The Hall–Kier alpha value is -1.56. The minimum Gasteiger partial charge on any atom is -0.450 e. The summed E-state index contributed by atoms with van der Waals surface area (Å²) < 4.78 is 7.44. The number of imidazole rings is 1. The molecule has 2 rings (SSSR count). The van der Waals surface area contributed by atoms with Crippen molar-refractivity contribution in [2.45, 2.75) is 13.8 Å². The maximum Gasteiger partial charge on any atom is 0.411 e. The highest BCUT2D eigenvalue weighted by atomic mass is 79.9. The Morgan fingerprint density at radius 1 is 1.65 bits per heavy atom. The molecule has 0 aliphatic heterocycles. The van der Waals surface area contributed by atoms with Gasteiger partial charge in [-0.15, -0.1) is 0 Å². The lowest BCUT2D eigenvalue weighted by Gasteiger charge is -2.07. The molecule has 2 aromatic heterocycles. The number of halogens is 1. The van der Waals surface area contributed by atoms with Crippen molar-refractivity contribution in [1.82, 2.24) is 9.38 Å². The number of aryl methyl sites for hydroxylation is 1. The van der Waals surface area contributed by atoms with Gasteiger partial charge in [0.25, 0.3) is 0 Å². The first kappa shape index (κ1) is 11.9. The number of amides is 1. The Kier molecular flexibility index (Phi) is 3.33. The van der Waals surface area contributed by atoms with Crippen LogP contribution in [0.15, 0.2) is 22.9 Å². The van der Waals surface area contributed by atoms with Gasteiger partial charge in [0, 0.05) is 12.4 Å². The van der Waals surface area contributed by atoms with Crippen LogP contribution in [0.5, 0.6) is 0 Å². The van der Waals surface area contributed by atoms with Crippen molar-refractivity contribution in [2.75, 3.05) is 11.9 Å². The average Bonchev–Trinajstić information content (AvgIpc) is 2.64. The molecule has 0 fully saturated rings. The first-order chi connectivity index (χ1) is 8.11. The molecule has 0 saturated heterocycles. The topological polar surface area (TPSA) is 55.6 Å². The van der Waals surface area contributed by atoms with Crippen molar-refractivity contribution in [3.8, 4) is 0 Å². The standard InChI is InChI=1S/C11H12BrN3O2/c1-3-17-11(16)14-8-4-5-15-6-7(2)13-10(15)9(8)12/h4-6H,3H2,1-2H3,(H,14,16). The van der Waals surface area contributed by atoms with E-state index in [-0.39, 0.29) is 0 Å². The van der Waals surface area contributed by atoms with E-state index in [1.807, 2.05) is 23.7 Å². The molecular weight excluding hydrogens is 286 g/mol. The van der Waals surface area contributed by atoms with E-state index in [2.05, 4.69) is 26.2 Å². The molecule has 0 unspecified atom stereocenters. The van der Waals surface area contributed by atoms with E-state index in [1.54, 1.807) is 13.0 Å². The van der Waals surface area contributed by atoms with Crippen LogP contribution in [0.3, 0.4) is 0 Å². The van der Waals surface area contributed by atoms with Gasteiger partial charge in [0.2, 0.25) is 0 Å². The lowest BCUT2D eigenvalue weighted by Crippen LogP contribution is -2.13. The second kappa shape index (κ2) is 4.75. The third-order valence-corrected chi connectivity index (χ3v) is 2.98. The van der Waals surface area contributed by atoms with E-state index in [0.717, 1.165) is 15.8 Å². The third-order valence-electron chi connectivity index (χ3n) is 2.20. The molecular formula is C11H12BrN3O2. The van der Waals surface area contributed by atoms with Gasteiger partial charge < -0.3 is 9.14 Å². The Labute approximate surface area is 107 Å². The minimum atomic E-state index is -0.471. The fourth-order valence-electron chi connectivity index (χ4n) is 1.51. The molecule has 0 aromatic carbocycles. The van der Waals surface area contributed by atoms with Crippen LogP contribution in [-0.2, 0) is 4.74 Å². The van der Waals surface area contributed by atoms with Crippen molar-refractivity contribution in [3.05, 3.63) is 28.6 Å². The average molecular weight is 298 g/mol. The Balaban J connectivity index is 2.35. The molecule has 0 radical (unpaired) electrons. The highest BCUT2D eigenvalue weighted by Gasteiger charge is 2.10. The molecule has 0 bridgehead atoms. The number of hydrogen-bond donors (Lipinski definition) is 1. The summed E-state index contributed by atoms with van der Waals surface area (Å²) in [6, 6.07) is 1.79. The number of pyridine rings is 1. The summed E-state index contributed by atoms with van der Waals surface area (Å²) in [4.78, 5) is 15.7. The Morgan fingerprint density at radius 2 is 2.41 bits per heavy atom. The van der Waals surface area contributed by atoms with Gasteiger partial charge in [0.05, 0.1) is 22.5 Å². The van der Waals surface area contributed by atoms with Crippen LogP contribution in [0.25, 0.3) is 5.65 Å². The van der Waals surface area contributed by atoms with Crippen LogP contribution >= 0.6 is 15.9 Å². The van der Waals surface area contributed by atoms with Crippen molar-refractivity contribution in [2.24, 2.45) is 0 Å². The van der Waals surface area contributed by atoms with Crippen LogP contribution in [0, 0.1) is 6.92 Å². The van der Waals surface area contributed by atoms with Crippen molar-refractivity contribution >= 4 is 33.4 Å². The van der Waals surface area contributed by atoms with Gasteiger partial charge in [-0.05, 0) is 35.8 Å². The predicted octanol–water partition coefficient (Wildman–Crippen LogP) is 2.97. The van der Waals surface area contributed by atoms with Crippen LogP contribution < -0.4 is 5.32 Å². The quantitative estimate of drug-likeness (QED) is 0.927. The summed E-state index contributed by atoms with van der Waals surface area (Å²) >= 11 is 3.42. The SMILES string of the molecule is CCOC(=O)Nc1ccn2cc(C)nc2c1Br. The number of carbonyl (C=O) groups excluding carboxylic acids is 1. The first-order valence-corrected chi connectivity index (χ1v) is 5.98. The lowest BCUT2D eigenvalue weighted by molar-refractivity contribution is 0.168. The van der Waals surface area contributed by atoms with Crippen LogP contribution in [0.4, 0.5) is 10.5 Å². The fourth-order valence-corrected chi connectivity index (χ4v) is 2.04. The van der Waals surface area contributed by atoms with Gasteiger partial charge in [-0.2, -0.15) is 0 Å². The number of hydrogen-bond acceptors (Lipinski definition) is 3. The molecule has 5 nitrogen and oxygen atoms in total. The van der Waals surface area contributed by atoms with E-state index in [1.165, 1.54) is 0 Å². The first-order valence-electron chi connectivity index (χ1n) is 5.19. The Bertz CT molecular complexity index is 565. The molecule has 6 heteroatoms. The van der Waals surface area contributed by atoms with Crippen molar-refractivity contribution in [1.29, 1.82) is 0 Å². The number of anilines is 1. The summed E-state index contributed by atoms with van der Waals surface area (Å²) in [6.45, 7) is 4.02. The largest absolute Gasteiger partial charge is 0.450 e. The molecule has 1 amide bonds. The van der Waals surface area contributed by atoms with Crippen LogP contribution in [-0.4, -0.2) is 22.1 Å². The number of ether oxygens (including phenoxy) is 1. The van der Waals surface area contributed by atoms with Crippen molar-refractivity contribution < 1.29 is 9.53 Å². The number of aromatic nitrogens is 2. The summed E-state index contributed by atoms with van der Waals surface area (Å²) in [5.74, 6) is 0. The predicted molar refractivity (Wildman–Crippen MR) is 68.3 cm³/mol. The van der Waals surface area contributed by atoms with Crippen LogP contribution in [0.1, 0.15) is 12.6 Å². The van der Waals surface area contributed by atoms with Gasteiger partial charge in [0.1, 0.15) is 0 Å². The molecule has 0 atom stereocenters. The molecule has 0 saturated carbocycles. The lowest BCUT2D eigenvalue weighted by atomic mass is 10.4. The fraction of sp³-hybridized carbons (Fsp3) is 0.273. The molecule has 2 aromatic rings. The molecule has 90 valence electrons. The maximum absolute atomic E-state index is 11.3. The molecule has 17 heavy (non-hydrogen) atoms. The van der Waals surface area contributed by atoms with Crippen molar-refractivity contribution in [3.63, 3.8) is 0 Å². The summed E-state index contributed by atoms with van der Waals surface area (Å²) in [7, 11) is 0. The van der Waals surface area contributed by atoms with Gasteiger partial charge in [-0.1, -0.05) is 0 Å². The maximum atomic E-state index is 11.3. The number of carbonyl (C=O) groups is 1. The van der Waals surface area contributed by atoms with Gasteiger partial charge in [-0.3, -0.25) is 5.32 Å². The van der Waals surface area contributed by atoms with E-state index in [0.29, 0.717) is 12.3 Å². The van der Waals surface area contributed by atoms with Gasteiger partial charge in [0.15, 0.2) is 5.65 Å². The zero-order valence-corrected chi connectivity index (χ0v) is 11.1. The minimum absolute atomic E-state index is 0.341. The zero-order valence-electron chi connectivity index (χ0n) is 9.53. The number of nitrogens with one attached hydrogen (secondary N) is 1. The van der Waals surface area contributed by atoms with Gasteiger partial charge >= 0.3 is 6.09 Å². The number of rotatable bonds is 2. The molecule has 1 N–H and O–H groups in total. The molecule has 2 heterocycles. The monoisotopic (exact) mass is 297 g/mol. The number of nitrogens with zero attached hydrogens (tertiary/aromatic N) is 2. The van der Waals surface area contributed by atoms with E-state index in [4.69, 9.17) is 4.74 Å². The highest BCUT2D eigenvalue weighted by Crippen LogP contribution is 2.26. The highest BCUT2D eigenvalue weighted by molar-refractivity contribution is 9.10. The number of fused-ring (bicyclic) bond motifs is 1. The van der Waals surface area contributed by atoms with Gasteiger partial charge in [-0.25, -0.2) is 9.78 Å². The summed E-state index contributed by atoms with van der Waals surface area (Å²) in [5, 5.41) is 2.65. The summed E-state index contributed by atoms with van der Waals surface area (Å²) in [5.41, 5.74) is 2.32. The zero-order chi connectivity index (χ0) is 12.4. The molecule has 0 aliphatic carbocycles. The normalized spacial score (nSPS) is 10.5. The van der Waals surface area contributed by atoms with Crippen LogP contribution in [0.2, 0.25) is 0 Å². The second-order valence-electron chi connectivity index (χ2n) is 3.50. The molecule has 0 spiro atoms. The van der Waals surface area contributed by atoms with E-state index < -0.39 is 6.09 Å². The third kappa shape index (κ3) is 2.41.